The number of aromatic nitrogens is 2. The molecule has 1 aromatic carbocycles. The lowest BCUT2D eigenvalue weighted by atomic mass is 10.2. The number of nitrogens with zero attached hydrogens (tertiary/aromatic N) is 4. The van der Waals surface area contributed by atoms with Crippen LogP contribution in [-0.2, 0) is 17.1 Å². The molecule has 0 fully saturated rings. The summed E-state index contributed by atoms with van der Waals surface area (Å²) in [6.45, 7) is 0.155. The van der Waals surface area contributed by atoms with Crippen molar-refractivity contribution < 1.29 is 8.42 Å². The van der Waals surface area contributed by atoms with Gasteiger partial charge in [0.1, 0.15) is 10.6 Å². The van der Waals surface area contributed by atoms with Gasteiger partial charge in [0.15, 0.2) is 0 Å². The second kappa shape index (κ2) is 6.08. The molecule has 0 radical (unpaired) electrons. The molecule has 0 N–H and O–H groups in total. The van der Waals surface area contributed by atoms with Gasteiger partial charge in [-0.25, -0.2) is 8.42 Å². The largest absolute Gasteiger partial charge is 0.274 e. The smallest absolute Gasteiger partial charge is 0.246 e. The molecule has 2 aromatic rings. The monoisotopic (exact) mass is 304 g/mol. The van der Waals surface area contributed by atoms with Gasteiger partial charge in [-0.3, -0.25) is 4.68 Å². The van der Waals surface area contributed by atoms with Gasteiger partial charge in [0.2, 0.25) is 10.0 Å². The predicted octanol–water partition coefficient (Wildman–Crippen LogP) is 1.62. The lowest BCUT2D eigenvalue weighted by Crippen LogP contribution is -2.28. The summed E-state index contributed by atoms with van der Waals surface area (Å²) in [5.41, 5.74) is 1.16. The predicted molar refractivity (Wildman–Crippen MR) is 78.7 cm³/mol. The van der Waals surface area contributed by atoms with Crippen LogP contribution in [0.4, 0.5) is 0 Å². The number of hydrogen-bond acceptors (Lipinski definition) is 4. The molecular weight excluding hydrogens is 288 g/mol. The van der Waals surface area contributed by atoms with Crippen molar-refractivity contribution in [1.82, 2.24) is 14.1 Å². The third-order valence-electron chi connectivity index (χ3n) is 3.07. The SMILES string of the molecule is CN(CCC#N)S(=O)(=O)c1cn(C)nc1-c1ccccc1. The summed E-state index contributed by atoms with van der Waals surface area (Å²) in [5, 5.41) is 12.9. The van der Waals surface area contributed by atoms with Crippen molar-refractivity contribution in [3.63, 3.8) is 0 Å². The Hall–Kier alpha value is -2.17. The van der Waals surface area contributed by atoms with Gasteiger partial charge in [0.25, 0.3) is 0 Å². The summed E-state index contributed by atoms with van der Waals surface area (Å²) in [7, 11) is -0.522. The molecule has 0 atom stereocenters. The van der Waals surface area contributed by atoms with Crippen LogP contribution in [0.1, 0.15) is 6.42 Å². The fourth-order valence-electron chi connectivity index (χ4n) is 1.95. The zero-order chi connectivity index (χ0) is 15.5. The van der Waals surface area contributed by atoms with Crippen LogP contribution in [0.25, 0.3) is 11.3 Å². The van der Waals surface area contributed by atoms with Crippen molar-refractivity contribution in [2.45, 2.75) is 11.3 Å². The van der Waals surface area contributed by atoms with E-state index in [-0.39, 0.29) is 17.9 Å². The van der Waals surface area contributed by atoms with E-state index in [2.05, 4.69) is 5.10 Å². The van der Waals surface area contributed by atoms with Gasteiger partial charge in [-0.1, -0.05) is 30.3 Å². The van der Waals surface area contributed by atoms with E-state index in [0.29, 0.717) is 5.69 Å². The topological polar surface area (TPSA) is 79.0 Å². The van der Waals surface area contributed by atoms with Crippen LogP contribution in [-0.4, -0.2) is 36.1 Å². The molecule has 0 bridgehead atoms. The second-order valence-corrected chi connectivity index (χ2v) is 6.63. The molecule has 0 spiro atoms. The van der Waals surface area contributed by atoms with E-state index in [9.17, 15) is 8.42 Å². The maximum Gasteiger partial charge on any atom is 0.246 e. The maximum absolute atomic E-state index is 12.6. The highest BCUT2D eigenvalue weighted by atomic mass is 32.2. The lowest BCUT2D eigenvalue weighted by molar-refractivity contribution is 0.476. The molecule has 7 heteroatoms. The molecule has 0 aliphatic heterocycles. The first-order valence-corrected chi connectivity index (χ1v) is 7.83. The highest BCUT2D eigenvalue weighted by Gasteiger charge is 2.27. The third kappa shape index (κ3) is 3.12. The molecular formula is C14H16N4O2S. The van der Waals surface area contributed by atoms with Crippen molar-refractivity contribution in [2.75, 3.05) is 13.6 Å². The number of nitriles is 1. The average molecular weight is 304 g/mol. The van der Waals surface area contributed by atoms with Crippen molar-refractivity contribution in [3.05, 3.63) is 36.5 Å². The molecule has 0 aliphatic rings. The van der Waals surface area contributed by atoms with Crippen LogP contribution in [0.5, 0.6) is 0 Å². The first-order valence-electron chi connectivity index (χ1n) is 6.39. The standard InChI is InChI=1S/C14H16N4O2S/c1-17-11-13(21(19,20)18(2)10-6-9-15)14(16-17)12-7-4-3-5-8-12/h3-5,7-8,11H,6,10H2,1-2H3. The van der Waals surface area contributed by atoms with E-state index in [1.54, 1.807) is 7.05 Å². The zero-order valence-corrected chi connectivity index (χ0v) is 12.7. The minimum atomic E-state index is -3.67. The highest BCUT2D eigenvalue weighted by Crippen LogP contribution is 2.27. The van der Waals surface area contributed by atoms with E-state index in [0.717, 1.165) is 5.56 Å². The number of hydrogen-bond donors (Lipinski definition) is 0. The summed E-state index contributed by atoms with van der Waals surface area (Å²) >= 11 is 0. The Morgan fingerprint density at radius 3 is 2.62 bits per heavy atom. The van der Waals surface area contributed by atoms with Gasteiger partial charge < -0.3 is 0 Å². The van der Waals surface area contributed by atoms with Crippen molar-refractivity contribution in [2.24, 2.45) is 7.05 Å². The molecule has 6 nitrogen and oxygen atoms in total. The van der Waals surface area contributed by atoms with Gasteiger partial charge in [0, 0.05) is 38.8 Å². The molecule has 0 amide bonds. The highest BCUT2D eigenvalue weighted by molar-refractivity contribution is 7.89. The first-order chi connectivity index (χ1) is 9.96. The molecule has 2 rings (SSSR count). The molecule has 1 aromatic heterocycles. The summed E-state index contributed by atoms with van der Waals surface area (Å²) in [6, 6.07) is 11.1. The van der Waals surface area contributed by atoms with Crippen LogP contribution in [0, 0.1) is 11.3 Å². The number of rotatable bonds is 5. The van der Waals surface area contributed by atoms with Gasteiger partial charge in [-0.2, -0.15) is 14.7 Å². The van der Waals surface area contributed by atoms with E-state index in [1.807, 2.05) is 36.4 Å². The molecule has 0 unspecified atom stereocenters. The average Bonchev–Trinajstić information content (AvgIpc) is 2.88. The summed E-state index contributed by atoms with van der Waals surface area (Å²) in [6.07, 6.45) is 1.64. The molecule has 0 aliphatic carbocycles. The fraction of sp³-hybridized carbons (Fsp3) is 0.286. The van der Waals surface area contributed by atoms with E-state index < -0.39 is 10.0 Å². The van der Waals surface area contributed by atoms with E-state index in [1.165, 1.54) is 22.2 Å². The van der Waals surface area contributed by atoms with Crippen LogP contribution < -0.4 is 0 Å². The number of aryl methyl sites for hydroxylation is 1. The Morgan fingerprint density at radius 1 is 1.33 bits per heavy atom. The van der Waals surface area contributed by atoms with Gasteiger partial charge in [-0.05, 0) is 0 Å². The Kier molecular flexibility index (Phi) is 4.40. The second-order valence-electron chi connectivity index (χ2n) is 4.62. The lowest BCUT2D eigenvalue weighted by Gasteiger charge is -2.15. The van der Waals surface area contributed by atoms with Gasteiger partial charge >= 0.3 is 0 Å². The summed E-state index contributed by atoms with van der Waals surface area (Å²) in [5.74, 6) is 0. The van der Waals surface area contributed by atoms with Crippen LogP contribution in [0.3, 0.4) is 0 Å². The molecule has 21 heavy (non-hydrogen) atoms. The minimum absolute atomic E-state index is 0.149. The van der Waals surface area contributed by atoms with Crippen LogP contribution in [0.15, 0.2) is 41.4 Å². The minimum Gasteiger partial charge on any atom is -0.274 e. The van der Waals surface area contributed by atoms with Crippen LogP contribution >= 0.6 is 0 Å². The van der Waals surface area contributed by atoms with E-state index in [4.69, 9.17) is 5.26 Å². The summed E-state index contributed by atoms with van der Waals surface area (Å²) < 4.78 is 27.9. The molecule has 1 heterocycles. The normalized spacial score (nSPS) is 11.5. The Morgan fingerprint density at radius 2 is 2.00 bits per heavy atom. The quantitative estimate of drug-likeness (QED) is 0.841. The van der Waals surface area contributed by atoms with Crippen molar-refractivity contribution in [3.8, 4) is 17.3 Å². The van der Waals surface area contributed by atoms with Crippen molar-refractivity contribution >= 4 is 10.0 Å². The molecule has 0 saturated carbocycles. The van der Waals surface area contributed by atoms with Gasteiger partial charge in [0.05, 0.1) is 6.07 Å². The Labute approximate surface area is 124 Å². The molecule has 110 valence electrons. The molecule has 0 saturated heterocycles. The summed E-state index contributed by atoms with van der Waals surface area (Å²) in [4.78, 5) is 0.150. The zero-order valence-electron chi connectivity index (χ0n) is 11.9. The van der Waals surface area contributed by atoms with Crippen molar-refractivity contribution in [1.29, 1.82) is 5.26 Å². The number of benzene rings is 1. The van der Waals surface area contributed by atoms with E-state index >= 15 is 0 Å². The fourth-order valence-corrected chi connectivity index (χ4v) is 3.30. The third-order valence-corrected chi connectivity index (χ3v) is 4.93. The Balaban J connectivity index is 2.48. The van der Waals surface area contributed by atoms with Gasteiger partial charge in [-0.15, -0.1) is 0 Å². The first kappa shape index (κ1) is 15.2. The van der Waals surface area contributed by atoms with Crippen LogP contribution in [0.2, 0.25) is 0 Å². The number of sulfonamides is 1. The maximum atomic E-state index is 12.6. The Bertz CT molecular complexity index is 760.